The Kier molecular flexibility index (Phi) is 5.72. The molecule has 1 N–H and O–H groups in total. The Bertz CT molecular complexity index is 406. The molecule has 0 amide bonds. The first kappa shape index (κ1) is 15.2. The molecule has 1 aromatic rings. The summed E-state index contributed by atoms with van der Waals surface area (Å²) in [5.74, 6) is 1.50. The quantitative estimate of drug-likeness (QED) is 0.849. The van der Waals surface area contributed by atoms with Crippen LogP contribution in [0.5, 0.6) is 5.75 Å². The molecule has 1 aliphatic carbocycles. The Hall–Kier alpha value is -1.22. The molecule has 0 heterocycles. The predicted molar refractivity (Wildman–Crippen MR) is 83.5 cm³/mol. The van der Waals surface area contributed by atoms with Crippen molar-refractivity contribution >= 4 is 5.69 Å². The summed E-state index contributed by atoms with van der Waals surface area (Å²) in [5, 5.41) is 3.61. The molecule has 1 saturated carbocycles. The zero-order valence-electron chi connectivity index (χ0n) is 12.9. The first-order chi connectivity index (χ1) is 9.67. The Morgan fingerprint density at radius 1 is 1.30 bits per heavy atom. The van der Waals surface area contributed by atoms with Crippen molar-refractivity contribution < 1.29 is 9.47 Å². The van der Waals surface area contributed by atoms with Crippen molar-refractivity contribution in [3.05, 3.63) is 24.3 Å². The van der Waals surface area contributed by atoms with Gasteiger partial charge in [0.15, 0.2) is 0 Å². The molecule has 0 spiro atoms. The lowest BCUT2D eigenvalue weighted by Gasteiger charge is -2.29. The van der Waals surface area contributed by atoms with Gasteiger partial charge in [-0.1, -0.05) is 19.9 Å². The van der Waals surface area contributed by atoms with Gasteiger partial charge in [0.2, 0.25) is 0 Å². The van der Waals surface area contributed by atoms with Crippen LogP contribution < -0.4 is 10.1 Å². The number of ether oxygens (including phenoxy) is 2. The molecule has 2 unspecified atom stereocenters. The molecular formula is C17H27NO2. The normalized spacial score (nSPS) is 22.8. The van der Waals surface area contributed by atoms with Crippen molar-refractivity contribution in [1.29, 1.82) is 0 Å². The fraction of sp³-hybridized carbons (Fsp3) is 0.647. The average molecular weight is 277 g/mol. The molecule has 0 aliphatic heterocycles. The van der Waals surface area contributed by atoms with E-state index in [1.165, 1.54) is 19.3 Å². The van der Waals surface area contributed by atoms with E-state index in [0.29, 0.717) is 18.1 Å². The molecule has 1 aromatic carbocycles. The molecule has 2 rings (SSSR count). The van der Waals surface area contributed by atoms with Crippen LogP contribution >= 0.6 is 0 Å². The van der Waals surface area contributed by atoms with Crippen molar-refractivity contribution in [3.8, 4) is 5.75 Å². The molecule has 0 aromatic heterocycles. The molecule has 0 radical (unpaired) electrons. The molecule has 0 bridgehead atoms. The maximum absolute atomic E-state index is 5.77. The van der Waals surface area contributed by atoms with E-state index in [0.717, 1.165) is 24.5 Å². The van der Waals surface area contributed by atoms with Crippen molar-refractivity contribution in [2.24, 2.45) is 5.92 Å². The molecule has 112 valence electrons. The highest BCUT2D eigenvalue weighted by atomic mass is 16.5. The number of benzene rings is 1. The second-order valence-electron chi connectivity index (χ2n) is 6.10. The van der Waals surface area contributed by atoms with Crippen LogP contribution in [0.1, 0.15) is 39.5 Å². The van der Waals surface area contributed by atoms with Crippen LogP contribution in [0.3, 0.4) is 0 Å². The van der Waals surface area contributed by atoms with E-state index in [-0.39, 0.29) is 0 Å². The minimum atomic E-state index is 0.404. The van der Waals surface area contributed by atoms with Crippen LogP contribution in [0, 0.1) is 5.92 Å². The molecule has 1 fully saturated rings. The van der Waals surface area contributed by atoms with Crippen LogP contribution in [0.2, 0.25) is 0 Å². The average Bonchev–Trinajstić information content (AvgIpc) is 2.46. The molecule has 2 atom stereocenters. The van der Waals surface area contributed by atoms with Gasteiger partial charge in [-0.2, -0.15) is 0 Å². The molecule has 0 saturated heterocycles. The summed E-state index contributed by atoms with van der Waals surface area (Å²) >= 11 is 0. The minimum absolute atomic E-state index is 0.404. The monoisotopic (exact) mass is 277 g/mol. The summed E-state index contributed by atoms with van der Waals surface area (Å²) in [7, 11) is 1.81. The maximum atomic E-state index is 5.77. The van der Waals surface area contributed by atoms with Gasteiger partial charge < -0.3 is 14.8 Å². The lowest BCUT2D eigenvalue weighted by Crippen LogP contribution is -2.30. The summed E-state index contributed by atoms with van der Waals surface area (Å²) in [6, 6.07) is 8.78. The van der Waals surface area contributed by atoms with Crippen LogP contribution in [0.15, 0.2) is 24.3 Å². The Morgan fingerprint density at radius 3 is 2.90 bits per heavy atom. The third-order valence-electron chi connectivity index (χ3n) is 3.75. The van der Waals surface area contributed by atoms with Crippen molar-refractivity contribution in [1.82, 2.24) is 0 Å². The van der Waals surface area contributed by atoms with Crippen molar-refractivity contribution in [2.75, 3.05) is 19.0 Å². The molecule has 20 heavy (non-hydrogen) atoms. The van der Waals surface area contributed by atoms with E-state index in [4.69, 9.17) is 9.47 Å². The SMILES string of the molecule is COC1CCCC(Nc2cccc(OCC(C)C)c2)C1. The second-order valence-corrected chi connectivity index (χ2v) is 6.10. The number of nitrogens with one attached hydrogen (secondary N) is 1. The topological polar surface area (TPSA) is 30.5 Å². The Morgan fingerprint density at radius 2 is 2.15 bits per heavy atom. The summed E-state index contributed by atoms with van der Waals surface area (Å²) in [6.07, 6.45) is 5.14. The van der Waals surface area contributed by atoms with Gasteiger partial charge in [-0.05, 0) is 43.7 Å². The number of rotatable bonds is 6. The van der Waals surface area contributed by atoms with E-state index >= 15 is 0 Å². The highest BCUT2D eigenvalue weighted by molar-refractivity contribution is 5.48. The molecule has 3 heteroatoms. The van der Waals surface area contributed by atoms with Gasteiger partial charge in [-0.15, -0.1) is 0 Å². The van der Waals surface area contributed by atoms with E-state index < -0.39 is 0 Å². The number of hydrogen-bond acceptors (Lipinski definition) is 3. The zero-order valence-corrected chi connectivity index (χ0v) is 12.9. The Labute approximate surface area is 122 Å². The smallest absolute Gasteiger partial charge is 0.121 e. The molecule has 3 nitrogen and oxygen atoms in total. The van der Waals surface area contributed by atoms with Crippen LogP contribution in [-0.2, 0) is 4.74 Å². The minimum Gasteiger partial charge on any atom is -0.493 e. The fourth-order valence-electron chi connectivity index (χ4n) is 2.66. The van der Waals surface area contributed by atoms with Gasteiger partial charge in [0.1, 0.15) is 5.75 Å². The second kappa shape index (κ2) is 7.53. The van der Waals surface area contributed by atoms with Gasteiger partial charge >= 0.3 is 0 Å². The lowest BCUT2D eigenvalue weighted by atomic mass is 9.92. The first-order valence-electron chi connectivity index (χ1n) is 7.69. The number of methoxy groups -OCH3 is 1. The fourth-order valence-corrected chi connectivity index (χ4v) is 2.66. The maximum Gasteiger partial charge on any atom is 0.121 e. The van der Waals surface area contributed by atoms with E-state index in [1.54, 1.807) is 0 Å². The van der Waals surface area contributed by atoms with Gasteiger partial charge in [-0.3, -0.25) is 0 Å². The van der Waals surface area contributed by atoms with Gasteiger partial charge in [-0.25, -0.2) is 0 Å². The summed E-state index contributed by atoms with van der Waals surface area (Å²) in [4.78, 5) is 0. The highest BCUT2D eigenvalue weighted by Crippen LogP contribution is 2.25. The molecule has 1 aliphatic rings. The van der Waals surface area contributed by atoms with Crippen LogP contribution in [-0.4, -0.2) is 25.9 Å². The third-order valence-corrected chi connectivity index (χ3v) is 3.75. The third kappa shape index (κ3) is 4.71. The van der Waals surface area contributed by atoms with Gasteiger partial charge in [0.25, 0.3) is 0 Å². The number of hydrogen-bond donors (Lipinski definition) is 1. The summed E-state index contributed by atoms with van der Waals surface area (Å²) in [6.45, 7) is 5.09. The van der Waals surface area contributed by atoms with Gasteiger partial charge in [0, 0.05) is 24.9 Å². The van der Waals surface area contributed by atoms with Crippen LogP contribution in [0.4, 0.5) is 5.69 Å². The predicted octanol–water partition coefficient (Wildman–Crippen LogP) is 4.09. The first-order valence-corrected chi connectivity index (χ1v) is 7.69. The van der Waals surface area contributed by atoms with Crippen LogP contribution in [0.25, 0.3) is 0 Å². The highest BCUT2D eigenvalue weighted by Gasteiger charge is 2.21. The largest absolute Gasteiger partial charge is 0.493 e. The van der Waals surface area contributed by atoms with Crippen molar-refractivity contribution in [3.63, 3.8) is 0 Å². The van der Waals surface area contributed by atoms with E-state index in [1.807, 2.05) is 13.2 Å². The van der Waals surface area contributed by atoms with E-state index in [2.05, 4.69) is 37.4 Å². The Balaban J connectivity index is 1.90. The van der Waals surface area contributed by atoms with Gasteiger partial charge in [0.05, 0.1) is 12.7 Å². The molecular weight excluding hydrogens is 250 g/mol. The standard InChI is InChI=1S/C17H27NO2/c1-13(2)12-20-17-9-5-7-15(11-17)18-14-6-4-8-16(10-14)19-3/h5,7,9,11,13-14,16,18H,4,6,8,10,12H2,1-3H3. The summed E-state index contributed by atoms with van der Waals surface area (Å²) < 4.78 is 11.3. The summed E-state index contributed by atoms with van der Waals surface area (Å²) in [5.41, 5.74) is 1.15. The lowest BCUT2D eigenvalue weighted by molar-refractivity contribution is 0.0669. The number of anilines is 1. The van der Waals surface area contributed by atoms with E-state index in [9.17, 15) is 0 Å². The van der Waals surface area contributed by atoms with Crippen molar-refractivity contribution in [2.45, 2.75) is 51.7 Å². The zero-order chi connectivity index (χ0) is 14.4.